The summed E-state index contributed by atoms with van der Waals surface area (Å²) >= 11 is 6.30. The van der Waals surface area contributed by atoms with Gasteiger partial charge in [-0.25, -0.2) is 9.18 Å². The molecule has 0 saturated carbocycles. The third-order valence-corrected chi connectivity index (χ3v) is 7.27. The molecule has 5 aromatic rings. The van der Waals surface area contributed by atoms with Gasteiger partial charge in [0.05, 0.1) is 6.54 Å². The van der Waals surface area contributed by atoms with Crippen molar-refractivity contribution in [3.63, 3.8) is 0 Å². The molecule has 0 bridgehead atoms. The predicted octanol–water partition coefficient (Wildman–Crippen LogP) is 5.84. The average molecular weight is 571 g/mol. The number of hydrogen-bond acceptors (Lipinski definition) is 6. The third-order valence-electron chi connectivity index (χ3n) is 7.04. The van der Waals surface area contributed by atoms with Crippen LogP contribution in [0.15, 0.2) is 72.9 Å². The molecule has 0 fully saturated rings. The van der Waals surface area contributed by atoms with Gasteiger partial charge in [-0.15, -0.1) is 0 Å². The molecule has 3 aromatic carbocycles. The first kappa shape index (κ1) is 26.2. The summed E-state index contributed by atoms with van der Waals surface area (Å²) in [7, 11) is 0. The van der Waals surface area contributed by atoms with Crippen molar-refractivity contribution in [1.29, 1.82) is 5.26 Å². The molecule has 1 atom stereocenters. The lowest BCUT2D eigenvalue weighted by Crippen LogP contribution is -2.42. The van der Waals surface area contributed by atoms with E-state index in [1.807, 2.05) is 48.5 Å². The van der Waals surface area contributed by atoms with Crippen LogP contribution < -0.4 is 15.2 Å². The summed E-state index contributed by atoms with van der Waals surface area (Å²) in [5.74, 6) is 0.665. The number of hydrogen-bond donors (Lipinski definition) is 2. The maximum atomic E-state index is 13.4. The summed E-state index contributed by atoms with van der Waals surface area (Å²) in [4.78, 5) is 18.6. The molecule has 3 heterocycles. The molecule has 1 unspecified atom stereocenters. The number of carbonyl (C=O) groups excluding carboxylic acids is 1. The molecule has 1 amide bonds. The van der Waals surface area contributed by atoms with E-state index >= 15 is 0 Å². The van der Waals surface area contributed by atoms with Crippen LogP contribution in [-0.2, 0) is 13.0 Å². The van der Waals surface area contributed by atoms with Gasteiger partial charge in [-0.3, -0.25) is 9.58 Å². The first-order valence-electron chi connectivity index (χ1n) is 12.9. The quantitative estimate of drug-likeness (QED) is 0.265. The number of nitrogens with two attached hydrogens (primary N) is 1. The second-order valence-electron chi connectivity index (χ2n) is 9.60. The molecule has 11 heteroatoms. The van der Waals surface area contributed by atoms with Crippen molar-refractivity contribution in [1.82, 2.24) is 19.7 Å². The third kappa shape index (κ3) is 5.27. The summed E-state index contributed by atoms with van der Waals surface area (Å²) in [6, 6.07) is 20.0. The zero-order valence-electron chi connectivity index (χ0n) is 21.7. The Balaban J connectivity index is 1.26. The van der Waals surface area contributed by atoms with Crippen LogP contribution in [0.2, 0.25) is 5.02 Å². The number of fused-ring (bicyclic) bond motifs is 3. The minimum atomic E-state index is -0.542. The normalized spacial score (nSPS) is 14.5. The van der Waals surface area contributed by atoms with Gasteiger partial charge in [-0.05, 0) is 72.1 Å². The van der Waals surface area contributed by atoms with E-state index in [0.29, 0.717) is 42.5 Å². The molecule has 6 rings (SSSR count). The number of H-pyrrole nitrogens is 1. The fraction of sp³-hybridized carbons (Fsp3) is 0.167. The maximum absolute atomic E-state index is 13.4. The van der Waals surface area contributed by atoms with Crippen molar-refractivity contribution in [3.05, 3.63) is 106 Å². The number of benzene rings is 3. The number of carbonyl (C=O) groups is 1. The average Bonchev–Trinajstić information content (AvgIpc) is 3.53. The van der Waals surface area contributed by atoms with Crippen LogP contribution in [0, 0.1) is 17.1 Å². The number of nitriles is 1. The molecular weight excluding hydrogens is 547 g/mol. The number of nitrogens with zero attached hydrogens (tertiary/aromatic N) is 4. The van der Waals surface area contributed by atoms with Crippen molar-refractivity contribution in [2.45, 2.75) is 19.0 Å². The Kier molecular flexibility index (Phi) is 6.95. The van der Waals surface area contributed by atoms with Gasteiger partial charge in [0.1, 0.15) is 41.6 Å². The minimum Gasteiger partial charge on any atom is -0.492 e. The fourth-order valence-corrected chi connectivity index (χ4v) is 5.28. The minimum absolute atomic E-state index is 0.186. The smallest absolute Gasteiger partial charge is 0.416 e. The van der Waals surface area contributed by atoms with E-state index in [-0.39, 0.29) is 11.6 Å². The van der Waals surface area contributed by atoms with Crippen LogP contribution in [-0.4, -0.2) is 38.9 Å². The predicted molar refractivity (Wildman–Crippen MR) is 151 cm³/mol. The second kappa shape index (κ2) is 10.9. The Morgan fingerprint density at radius 3 is 2.63 bits per heavy atom. The monoisotopic (exact) mass is 570 g/mol. The first-order chi connectivity index (χ1) is 19.9. The van der Waals surface area contributed by atoms with Crippen LogP contribution in [0.25, 0.3) is 10.9 Å². The molecule has 3 N–H and O–H groups in total. The summed E-state index contributed by atoms with van der Waals surface area (Å²) in [5, 5.41) is 14.8. The van der Waals surface area contributed by atoms with Gasteiger partial charge >= 0.3 is 6.09 Å². The standard InChI is InChI=1S/C30H24ClFN6O3/c31-20-3-10-26-25(15-20)24-11-12-38(30(39)41-23-8-4-21(32)5-9-23)28(27(24)35-26)18-1-6-22(7-2-18)40-14-13-37-17-19(16-33)29(34)36-37/h1-10,15,17,28,35H,11-14H2,(H2,34,36). The number of rotatable bonds is 6. The molecule has 1 aliphatic heterocycles. The highest BCUT2D eigenvalue weighted by Crippen LogP contribution is 2.40. The molecule has 0 aliphatic carbocycles. The molecule has 0 radical (unpaired) electrons. The van der Waals surface area contributed by atoms with Gasteiger partial charge in [0.25, 0.3) is 0 Å². The molecule has 41 heavy (non-hydrogen) atoms. The Labute approximate surface area is 239 Å². The number of halogens is 2. The lowest BCUT2D eigenvalue weighted by molar-refractivity contribution is 0.135. The molecule has 0 saturated heterocycles. The highest BCUT2D eigenvalue weighted by atomic mass is 35.5. The lowest BCUT2D eigenvalue weighted by atomic mass is 9.92. The molecule has 2 aromatic heterocycles. The summed E-state index contributed by atoms with van der Waals surface area (Å²) in [6.45, 7) is 1.14. The van der Waals surface area contributed by atoms with Crippen LogP contribution >= 0.6 is 11.6 Å². The highest BCUT2D eigenvalue weighted by Gasteiger charge is 2.35. The van der Waals surface area contributed by atoms with E-state index in [2.05, 4.69) is 10.1 Å². The van der Waals surface area contributed by atoms with E-state index in [1.165, 1.54) is 24.3 Å². The Morgan fingerprint density at radius 1 is 1.15 bits per heavy atom. The Hall–Kier alpha value is -5.01. The fourth-order valence-electron chi connectivity index (χ4n) is 5.11. The molecule has 9 nitrogen and oxygen atoms in total. The lowest BCUT2D eigenvalue weighted by Gasteiger charge is -2.35. The van der Waals surface area contributed by atoms with Gasteiger partial charge in [0, 0.05) is 34.4 Å². The zero-order valence-corrected chi connectivity index (χ0v) is 22.4. The SMILES string of the molecule is N#Cc1cn(CCOc2ccc(C3c4[nH]c5ccc(Cl)cc5c4CCN3C(=O)Oc3ccc(F)cc3)cc2)nc1N. The van der Waals surface area contributed by atoms with Crippen molar-refractivity contribution in [2.75, 3.05) is 18.9 Å². The molecule has 0 spiro atoms. The summed E-state index contributed by atoms with van der Waals surface area (Å²) in [6.07, 6.45) is 1.65. The number of anilines is 1. The first-order valence-corrected chi connectivity index (χ1v) is 13.3. The van der Waals surface area contributed by atoms with Gasteiger partial charge in [0.15, 0.2) is 5.82 Å². The van der Waals surface area contributed by atoms with Crippen LogP contribution in [0.5, 0.6) is 11.5 Å². The van der Waals surface area contributed by atoms with E-state index in [9.17, 15) is 9.18 Å². The van der Waals surface area contributed by atoms with Crippen LogP contribution in [0.4, 0.5) is 15.0 Å². The van der Waals surface area contributed by atoms with E-state index in [0.717, 1.165) is 27.7 Å². The zero-order chi connectivity index (χ0) is 28.5. The van der Waals surface area contributed by atoms with Crippen molar-refractivity contribution in [2.24, 2.45) is 0 Å². The number of ether oxygens (including phenoxy) is 2. The van der Waals surface area contributed by atoms with Crippen LogP contribution in [0.1, 0.15) is 28.4 Å². The number of aromatic nitrogens is 3. The van der Waals surface area contributed by atoms with Gasteiger partial charge in [0.2, 0.25) is 0 Å². The highest BCUT2D eigenvalue weighted by molar-refractivity contribution is 6.31. The number of nitrogen functional groups attached to an aromatic ring is 1. The number of nitrogens with one attached hydrogen (secondary N) is 1. The van der Waals surface area contributed by atoms with Gasteiger partial charge < -0.3 is 20.2 Å². The van der Waals surface area contributed by atoms with Crippen molar-refractivity contribution in [3.8, 4) is 17.6 Å². The summed E-state index contributed by atoms with van der Waals surface area (Å²) in [5.41, 5.74) is 9.78. The van der Waals surface area contributed by atoms with Gasteiger partial charge in [-0.2, -0.15) is 10.4 Å². The topological polar surface area (TPSA) is 122 Å². The molecule has 206 valence electrons. The van der Waals surface area contributed by atoms with Crippen LogP contribution in [0.3, 0.4) is 0 Å². The number of aromatic amines is 1. The van der Waals surface area contributed by atoms with Gasteiger partial charge in [-0.1, -0.05) is 23.7 Å². The van der Waals surface area contributed by atoms with Crippen molar-refractivity contribution < 1.29 is 18.7 Å². The summed E-state index contributed by atoms with van der Waals surface area (Å²) < 4.78 is 26.5. The van der Waals surface area contributed by atoms with Crippen molar-refractivity contribution >= 4 is 34.4 Å². The number of amides is 1. The maximum Gasteiger partial charge on any atom is 0.416 e. The van der Waals surface area contributed by atoms with E-state index in [4.69, 9.17) is 32.1 Å². The second-order valence-corrected chi connectivity index (χ2v) is 10.0. The largest absolute Gasteiger partial charge is 0.492 e. The van der Waals surface area contributed by atoms with E-state index < -0.39 is 18.0 Å². The molecular formula is C30H24ClFN6O3. The Morgan fingerprint density at radius 2 is 1.90 bits per heavy atom. The molecule has 1 aliphatic rings. The van der Waals surface area contributed by atoms with E-state index in [1.54, 1.807) is 15.8 Å². The Bertz CT molecular complexity index is 1780.